The lowest BCUT2D eigenvalue weighted by Gasteiger charge is -2.20. The fourth-order valence-electron chi connectivity index (χ4n) is 2.64. The molecule has 2 aromatic rings. The lowest BCUT2D eigenvalue weighted by atomic mass is 10.0. The Bertz CT molecular complexity index is 627. The molecule has 0 radical (unpaired) electrons. The molecule has 18 heavy (non-hydrogen) atoms. The minimum Gasteiger partial charge on any atom is -0.381 e. The summed E-state index contributed by atoms with van der Waals surface area (Å²) in [5.74, 6) is 0.207. The normalized spacial score (nSPS) is 21.6. The van der Waals surface area contributed by atoms with Crippen LogP contribution in [0.15, 0.2) is 18.2 Å². The highest BCUT2D eigenvalue weighted by atomic mass is 32.1. The van der Waals surface area contributed by atoms with E-state index in [1.165, 1.54) is 12.1 Å². The lowest BCUT2D eigenvalue weighted by Crippen LogP contribution is -2.16. The summed E-state index contributed by atoms with van der Waals surface area (Å²) < 4.78 is 21.5. The molecule has 3 nitrogen and oxygen atoms in total. The van der Waals surface area contributed by atoms with Crippen LogP contribution in [0.5, 0.6) is 0 Å². The molecule has 1 aromatic heterocycles. The zero-order valence-corrected chi connectivity index (χ0v) is 11.0. The van der Waals surface area contributed by atoms with Crippen LogP contribution < -0.4 is 0 Å². The van der Waals surface area contributed by atoms with Crippen LogP contribution in [-0.2, 0) is 4.74 Å². The summed E-state index contributed by atoms with van der Waals surface area (Å²) >= 11 is 5.35. The van der Waals surface area contributed by atoms with Crippen molar-refractivity contribution >= 4 is 23.3 Å². The highest BCUT2D eigenvalue weighted by Gasteiger charge is 2.25. The van der Waals surface area contributed by atoms with Crippen molar-refractivity contribution < 1.29 is 9.13 Å². The molecule has 2 atom stereocenters. The second-order valence-electron chi connectivity index (χ2n) is 4.83. The van der Waals surface area contributed by atoms with Crippen LogP contribution in [0.2, 0.25) is 0 Å². The molecule has 1 aliphatic heterocycles. The van der Waals surface area contributed by atoms with Crippen molar-refractivity contribution in [1.82, 2.24) is 9.55 Å². The molecule has 1 N–H and O–H groups in total. The third kappa shape index (κ3) is 1.87. The summed E-state index contributed by atoms with van der Waals surface area (Å²) in [5, 5.41) is 0. The van der Waals surface area contributed by atoms with Gasteiger partial charge in [-0.2, -0.15) is 0 Å². The summed E-state index contributed by atoms with van der Waals surface area (Å²) in [6.07, 6.45) is 1.03. The summed E-state index contributed by atoms with van der Waals surface area (Å²) in [6.45, 7) is 3.68. The number of benzene rings is 1. The van der Waals surface area contributed by atoms with Gasteiger partial charge in [-0.15, -0.1) is 0 Å². The number of halogens is 1. The van der Waals surface area contributed by atoms with E-state index in [-0.39, 0.29) is 11.9 Å². The predicted molar refractivity (Wildman–Crippen MR) is 70.7 cm³/mol. The van der Waals surface area contributed by atoms with Gasteiger partial charge in [0.25, 0.3) is 0 Å². The molecule has 1 fully saturated rings. The van der Waals surface area contributed by atoms with Crippen molar-refractivity contribution in [2.24, 2.45) is 5.92 Å². The molecule has 3 rings (SSSR count). The Kier molecular flexibility index (Phi) is 2.95. The minimum absolute atomic E-state index is 0.218. The zero-order chi connectivity index (χ0) is 12.7. The molecule has 0 spiro atoms. The molecular formula is C13H15FN2OS. The average molecular weight is 266 g/mol. The van der Waals surface area contributed by atoms with Crippen LogP contribution >= 0.6 is 12.2 Å². The predicted octanol–water partition coefficient (Wildman–Crippen LogP) is 3.44. The number of fused-ring (bicyclic) bond motifs is 1. The van der Waals surface area contributed by atoms with Gasteiger partial charge in [-0.25, -0.2) is 4.39 Å². The molecule has 1 aliphatic rings. The van der Waals surface area contributed by atoms with E-state index < -0.39 is 0 Å². The minimum atomic E-state index is -0.236. The molecule has 5 heteroatoms. The maximum absolute atomic E-state index is 13.4. The summed E-state index contributed by atoms with van der Waals surface area (Å²) in [6, 6.07) is 4.93. The summed E-state index contributed by atoms with van der Waals surface area (Å²) in [5.41, 5.74) is 1.71. The average Bonchev–Trinajstić information content (AvgIpc) is 2.94. The van der Waals surface area contributed by atoms with Crippen LogP contribution in [0.1, 0.15) is 19.4 Å². The van der Waals surface area contributed by atoms with Crippen molar-refractivity contribution in [2.75, 3.05) is 13.2 Å². The van der Waals surface area contributed by atoms with Gasteiger partial charge in [-0.3, -0.25) is 0 Å². The van der Waals surface area contributed by atoms with E-state index in [4.69, 9.17) is 17.0 Å². The Labute approximate surface area is 110 Å². The van der Waals surface area contributed by atoms with E-state index in [1.807, 2.05) is 4.57 Å². The van der Waals surface area contributed by atoms with E-state index >= 15 is 0 Å². The van der Waals surface area contributed by atoms with Gasteiger partial charge in [0.15, 0.2) is 4.77 Å². The van der Waals surface area contributed by atoms with E-state index in [9.17, 15) is 4.39 Å². The van der Waals surface area contributed by atoms with Gasteiger partial charge in [0, 0.05) is 18.6 Å². The van der Waals surface area contributed by atoms with E-state index in [2.05, 4.69) is 11.9 Å². The topological polar surface area (TPSA) is 29.9 Å². The van der Waals surface area contributed by atoms with Gasteiger partial charge in [0.1, 0.15) is 5.82 Å². The number of nitrogens with one attached hydrogen (secondary N) is 1. The van der Waals surface area contributed by atoms with Gasteiger partial charge in [0.05, 0.1) is 17.6 Å². The van der Waals surface area contributed by atoms with E-state index in [0.29, 0.717) is 10.7 Å². The van der Waals surface area contributed by atoms with E-state index in [1.54, 1.807) is 6.07 Å². The number of H-pyrrole nitrogens is 1. The Morgan fingerprint density at radius 2 is 2.39 bits per heavy atom. The SMILES string of the molecule is CC(C1CCOC1)n1c(=S)[nH]c2ccc(F)cc21. The maximum Gasteiger partial charge on any atom is 0.178 e. The van der Waals surface area contributed by atoms with Crippen LogP contribution in [-0.4, -0.2) is 22.8 Å². The van der Waals surface area contributed by atoms with Gasteiger partial charge in [-0.05, 0) is 43.8 Å². The monoisotopic (exact) mass is 266 g/mol. The highest BCUT2D eigenvalue weighted by molar-refractivity contribution is 7.71. The first kappa shape index (κ1) is 11.9. The smallest absolute Gasteiger partial charge is 0.178 e. The van der Waals surface area contributed by atoms with Crippen LogP contribution in [0.3, 0.4) is 0 Å². The molecule has 96 valence electrons. The lowest BCUT2D eigenvalue weighted by molar-refractivity contribution is 0.175. The number of imidazole rings is 1. The number of hydrogen-bond donors (Lipinski definition) is 1. The Morgan fingerprint density at radius 1 is 1.56 bits per heavy atom. The molecule has 2 unspecified atom stereocenters. The first-order valence-electron chi connectivity index (χ1n) is 6.14. The molecular weight excluding hydrogens is 251 g/mol. The second kappa shape index (κ2) is 4.48. The first-order valence-corrected chi connectivity index (χ1v) is 6.55. The van der Waals surface area contributed by atoms with Crippen LogP contribution in [0.4, 0.5) is 4.39 Å². The maximum atomic E-state index is 13.4. The van der Waals surface area contributed by atoms with Gasteiger partial charge in [-0.1, -0.05) is 0 Å². The summed E-state index contributed by atoms with van der Waals surface area (Å²) in [7, 11) is 0. The summed E-state index contributed by atoms with van der Waals surface area (Å²) in [4.78, 5) is 3.13. The standard InChI is InChI=1S/C13H15FN2OS/c1-8(9-4-5-17-7-9)16-12-6-10(14)2-3-11(12)15-13(16)18/h2-3,6,8-9H,4-5,7H2,1H3,(H,15,18). The Hall–Kier alpha value is -1.20. The van der Waals surface area contributed by atoms with Gasteiger partial charge in [0.2, 0.25) is 0 Å². The van der Waals surface area contributed by atoms with Crippen molar-refractivity contribution in [3.8, 4) is 0 Å². The Balaban J connectivity index is 2.12. The van der Waals surface area contributed by atoms with Crippen molar-refractivity contribution in [2.45, 2.75) is 19.4 Å². The van der Waals surface area contributed by atoms with Gasteiger partial charge < -0.3 is 14.3 Å². The van der Waals surface area contributed by atoms with Crippen LogP contribution in [0.25, 0.3) is 11.0 Å². The molecule has 1 aromatic carbocycles. The van der Waals surface area contributed by atoms with Crippen molar-refractivity contribution in [3.63, 3.8) is 0 Å². The fraction of sp³-hybridized carbons (Fsp3) is 0.462. The molecule has 0 bridgehead atoms. The molecule has 1 saturated heterocycles. The fourth-order valence-corrected chi connectivity index (χ4v) is 3.02. The van der Waals surface area contributed by atoms with Crippen molar-refractivity contribution in [1.29, 1.82) is 0 Å². The molecule has 0 aliphatic carbocycles. The molecule has 0 saturated carbocycles. The highest BCUT2D eigenvalue weighted by Crippen LogP contribution is 2.29. The van der Waals surface area contributed by atoms with Crippen LogP contribution in [0, 0.1) is 16.5 Å². The third-order valence-corrected chi connectivity index (χ3v) is 4.03. The largest absolute Gasteiger partial charge is 0.381 e. The zero-order valence-electron chi connectivity index (χ0n) is 10.1. The van der Waals surface area contributed by atoms with E-state index in [0.717, 1.165) is 30.7 Å². The first-order chi connectivity index (χ1) is 8.66. The van der Waals surface area contributed by atoms with Crippen molar-refractivity contribution in [3.05, 3.63) is 28.8 Å². The Morgan fingerprint density at radius 3 is 3.11 bits per heavy atom. The quantitative estimate of drug-likeness (QED) is 0.844. The third-order valence-electron chi connectivity index (χ3n) is 3.73. The molecule has 2 heterocycles. The number of hydrogen-bond acceptors (Lipinski definition) is 2. The number of nitrogens with zero attached hydrogens (tertiary/aromatic N) is 1. The molecule has 0 amide bonds. The number of rotatable bonds is 2. The number of aromatic nitrogens is 2. The number of aromatic amines is 1. The van der Waals surface area contributed by atoms with Gasteiger partial charge >= 0.3 is 0 Å². The second-order valence-corrected chi connectivity index (χ2v) is 5.21. The number of ether oxygens (including phenoxy) is 1.